The summed E-state index contributed by atoms with van der Waals surface area (Å²) in [5.41, 5.74) is 12.0. The van der Waals surface area contributed by atoms with E-state index in [-0.39, 0.29) is 29.8 Å². The molecule has 0 saturated heterocycles. The molecule has 2 unspecified atom stereocenters. The molecule has 1 heterocycles. The molecule has 2 N–H and O–H groups in total. The molecule has 1 aliphatic carbocycles. The van der Waals surface area contributed by atoms with Gasteiger partial charge in [-0.25, -0.2) is 14.0 Å². The molecule has 4 aromatic rings. The summed E-state index contributed by atoms with van der Waals surface area (Å²) < 4.78 is 20.0. The lowest BCUT2D eigenvalue weighted by atomic mass is 9.68. The average Bonchev–Trinajstić information content (AvgIpc) is 3.41. The number of fused-ring (bicyclic) bond motifs is 2. The largest absolute Gasteiger partial charge is 0.419 e. The molecule has 0 fully saturated rings. The fourth-order valence-electron chi connectivity index (χ4n) is 5.84. The molecule has 0 bridgehead atoms. The minimum absolute atomic E-state index is 0.258. The Kier molecular flexibility index (Phi) is 7.86. The second kappa shape index (κ2) is 11.5. The summed E-state index contributed by atoms with van der Waals surface area (Å²) in [6.07, 6.45) is 5.16. The Morgan fingerprint density at radius 2 is 1.41 bits per heavy atom. The van der Waals surface area contributed by atoms with Gasteiger partial charge in [0.05, 0.1) is 12.1 Å². The molecule has 8 nitrogen and oxygen atoms in total. The molecule has 41 heavy (non-hydrogen) atoms. The van der Waals surface area contributed by atoms with Gasteiger partial charge in [-0.15, -0.1) is 10.2 Å². The number of aromatic nitrogens is 2. The first-order valence-corrected chi connectivity index (χ1v) is 13.5. The van der Waals surface area contributed by atoms with Crippen molar-refractivity contribution in [3.05, 3.63) is 106 Å². The van der Waals surface area contributed by atoms with Gasteiger partial charge in [0.1, 0.15) is 11.2 Å². The highest BCUT2D eigenvalue weighted by Gasteiger charge is 2.46. The first kappa shape index (κ1) is 28.0. The van der Waals surface area contributed by atoms with E-state index in [1.54, 1.807) is 24.3 Å². The molecule has 1 aromatic heterocycles. The van der Waals surface area contributed by atoms with Gasteiger partial charge in [-0.3, -0.25) is 0 Å². The van der Waals surface area contributed by atoms with Crippen molar-refractivity contribution < 1.29 is 18.4 Å². The van der Waals surface area contributed by atoms with Crippen molar-refractivity contribution in [1.82, 2.24) is 10.2 Å². The molecule has 1 aliphatic rings. The van der Waals surface area contributed by atoms with Crippen LogP contribution in [0.15, 0.2) is 75.1 Å². The zero-order valence-corrected chi connectivity index (χ0v) is 23.1. The number of hydrogen-bond acceptors (Lipinski definition) is 8. The Labute approximate surface area is 237 Å². The minimum atomic E-state index is -0.911. The summed E-state index contributed by atoms with van der Waals surface area (Å²) in [5, 5.41) is 8.94. The predicted molar refractivity (Wildman–Crippen MR) is 151 cm³/mol. The number of isocyanates is 2. The van der Waals surface area contributed by atoms with E-state index in [0.717, 1.165) is 33.4 Å². The van der Waals surface area contributed by atoms with Crippen LogP contribution in [-0.2, 0) is 27.8 Å². The van der Waals surface area contributed by atoms with Gasteiger partial charge in [0.2, 0.25) is 23.9 Å². The minimum Gasteiger partial charge on any atom is -0.419 e. The second-order valence-electron chi connectivity index (χ2n) is 10.6. The van der Waals surface area contributed by atoms with Crippen molar-refractivity contribution in [2.24, 2.45) is 15.7 Å². The Hall–Kier alpha value is -4.55. The van der Waals surface area contributed by atoms with Gasteiger partial charge in [-0.05, 0) is 97.7 Å². The van der Waals surface area contributed by atoms with Crippen LogP contribution >= 0.6 is 0 Å². The van der Waals surface area contributed by atoms with E-state index in [4.69, 9.17) is 10.2 Å². The maximum Gasteiger partial charge on any atom is 0.247 e. The number of carbonyl (C=O) groups excluding carboxylic acids is 2. The van der Waals surface area contributed by atoms with Gasteiger partial charge in [-0.1, -0.05) is 36.4 Å². The third kappa shape index (κ3) is 5.31. The fraction of sp³-hybridized carbons (Fsp3) is 0.312. The molecule has 0 spiro atoms. The Balaban J connectivity index is 1.78. The van der Waals surface area contributed by atoms with E-state index < -0.39 is 5.41 Å². The molecule has 0 amide bonds. The Morgan fingerprint density at radius 1 is 0.878 bits per heavy atom. The third-order valence-electron chi connectivity index (χ3n) is 7.81. The summed E-state index contributed by atoms with van der Waals surface area (Å²) in [4.78, 5) is 29.8. The molecule has 3 aromatic carbocycles. The van der Waals surface area contributed by atoms with E-state index in [1.807, 2.05) is 45.0 Å². The number of nitrogens with two attached hydrogens (primary N) is 1. The summed E-state index contributed by atoms with van der Waals surface area (Å²) in [6, 6.07) is 17.1. The maximum atomic E-state index is 13.6. The lowest BCUT2D eigenvalue weighted by Gasteiger charge is -2.35. The van der Waals surface area contributed by atoms with E-state index in [2.05, 4.69) is 32.3 Å². The molecular weight excluding hydrogens is 521 g/mol. The van der Waals surface area contributed by atoms with Gasteiger partial charge >= 0.3 is 0 Å². The van der Waals surface area contributed by atoms with Crippen LogP contribution in [0.1, 0.15) is 78.5 Å². The average molecular weight is 552 g/mol. The third-order valence-corrected chi connectivity index (χ3v) is 7.81. The number of rotatable bonds is 8. The van der Waals surface area contributed by atoms with Crippen molar-refractivity contribution in [1.29, 1.82) is 0 Å². The first-order chi connectivity index (χ1) is 19.8. The molecule has 3 atom stereocenters. The summed E-state index contributed by atoms with van der Waals surface area (Å²) in [6.45, 7) is 5.64. The highest BCUT2D eigenvalue weighted by atomic mass is 19.1. The fourth-order valence-corrected chi connectivity index (χ4v) is 5.84. The standard InChI is InChI=1S/C32H30FN5O3/c1-19(34)16-32(31-38-37-30(41-31)22-6-10-27(33)11-7-22)28-12-8-23(20(2)35-17-39)14-25(28)4-5-26-15-24(9-13-29(26)32)21(3)36-18-40/h6-15,19-21H,4-5,16,34H2,1-3H3/t19-,20?,21?,32?/m0/s1. The SMILES string of the molecule is CC(N=C=O)c1ccc2c(c1)CCc1cc(C(C)N=C=O)ccc1C2(C[C@H](C)N)c1nnc(-c2ccc(F)cc2)o1. The molecule has 0 radical (unpaired) electrons. The van der Waals surface area contributed by atoms with Crippen LogP contribution in [-0.4, -0.2) is 28.4 Å². The van der Waals surface area contributed by atoms with Crippen molar-refractivity contribution in [2.75, 3.05) is 0 Å². The smallest absolute Gasteiger partial charge is 0.247 e. The normalized spacial score (nSPS) is 18.1. The quantitative estimate of drug-likeness (QED) is 0.217. The van der Waals surface area contributed by atoms with Crippen LogP contribution in [0.5, 0.6) is 0 Å². The van der Waals surface area contributed by atoms with Crippen molar-refractivity contribution in [2.45, 2.75) is 63.6 Å². The second-order valence-corrected chi connectivity index (χ2v) is 10.6. The van der Waals surface area contributed by atoms with Crippen LogP contribution in [0.4, 0.5) is 4.39 Å². The molecule has 0 aliphatic heterocycles. The van der Waals surface area contributed by atoms with E-state index in [9.17, 15) is 14.0 Å². The van der Waals surface area contributed by atoms with Crippen molar-refractivity contribution in [3.8, 4) is 11.5 Å². The van der Waals surface area contributed by atoms with E-state index in [1.165, 1.54) is 12.1 Å². The lowest BCUT2D eigenvalue weighted by Crippen LogP contribution is -2.37. The maximum absolute atomic E-state index is 13.6. The van der Waals surface area contributed by atoms with Gasteiger partial charge in [0.15, 0.2) is 0 Å². The monoisotopic (exact) mass is 551 g/mol. The van der Waals surface area contributed by atoms with Crippen molar-refractivity contribution >= 4 is 12.2 Å². The van der Waals surface area contributed by atoms with E-state index in [0.29, 0.717) is 30.7 Å². The summed E-state index contributed by atoms with van der Waals surface area (Å²) in [7, 11) is 0. The number of aryl methyl sites for hydroxylation is 2. The highest BCUT2D eigenvalue weighted by molar-refractivity contribution is 5.58. The zero-order valence-electron chi connectivity index (χ0n) is 23.1. The van der Waals surface area contributed by atoms with Crippen LogP contribution in [0.25, 0.3) is 11.5 Å². The highest BCUT2D eigenvalue weighted by Crippen LogP contribution is 2.48. The molecule has 9 heteroatoms. The summed E-state index contributed by atoms with van der Waals surface area (Å²) >= 11 is 0. The summed E-state index contributed by atoms with van der Waals surface area (Å²) in [5.74, 6) is 0.283. The Morgan fingerprint density at radius 3 is 1.90 bits per heavy atom. The predicted octanol–water partition coefficient (Wildman–Crippen LogP) is 5.84. The number of aliphatic imine (C=N–C) groups is 2. The molecule has 5 rings (SSSR count). The van der Waals surface area contributed by atoms with E-state index >= 15 is 0 Å². The van der Waals surface area contributed by atoms with Gasteiger partial charge < -0.3 is 10.2 Å². The number of hydrogen-bond donors (Lipinski definition) is 1. The number of halogens is 1. The Bertz CT molecular complexity index is 1590. The molecule has 0 saturated carbocycles. The number of benzene rings is 3. The van der Waals surface area contributed by atoms with Crippen LogP contribution in [0, 0.1) is 5.82 Å². The topological polar surface area (TPSA) is 124 Å². The van der Waals surface area contributed by atoms with Crippen molar-refractivity contribution in [3.63, 3.8) is 0 Å². The molecule has 208 valence electrons. The number of nitrogens with zero attached hydrogens (tertiary/aromatic N) is 4. The molecular formula is C32H30FN5O3. The van der Waals surface area contributed by atoms with Crippen LogP contribution in [0.2, 0.25) is 0 Å². The van der Waals surface area contributed by atoms with Crippen LogP contribution in [0.3, 0.4) is 0 Å². The zero-order chi connectivity index (χ0) is 29.1. The van der Waals surface area contributed by atoms with Gasteiger partial charge in [0.25, 0.3) is 0 Å². The van der Waals surface area contributed by atoms with Gasteiger partial charge in [0, 0.05) is 11.6 Å². The first-order valence-electron chi connectivity index (χ1n) is 13.5. The lowest BCUT2D eigenvalue weighted by molar-refractivity contribution is 0.380. The van der Waals surface area contributed by atoms with Crippen LogP contribution < -0.4 is 5.73 Å². The van der Waals surface area contributed by atoms with Gasteiger partial charge in [-0.2, -0.15) is 9.98 Å².